The number of nitrogens with one attached hydrogen (secondary N) is 1. The third-order valence-electron chi connectivity index (χ3n) is 2.05. The fraction of sp³-hybridized carbons (Fsp3) is 0.182. The molecule has 1 rings (SSSR count). The van der Waals surface area contributed by atoms with E-state index in [-0.39, 0.29) is 16.9 Å². The van der Waals surface area contributed by atoms with E-state index in [0.717, 1.165) is 0 Å². The molecule has 0 saturated carbocycles. The summed E-state index contributed by atoms with van der Waals surface area (Å²) in [6.45, 7) is 3.87. The Hall–Kier alpha value is -2.37. The fourth-order valence-electron chi connectivity index (χ4n) is 1.26. The molecule has 1 aromatic rings. The normalized spacial score (nSPS) is 9.47. The van der Waals surface area contributed by atoms with Gasteiger partial charge in [0.2, 0.25) is 0 Å². The van der Waals surface area contributed by atoms with Crippen LogP contribution in [-0.4, -0.2) is 24.5 Å². The molecule has 0 unspecified atom stereocenters. The van der Waals surface area contributed by atoms with Gasteiger partial charge >= 0.3 is 5.97 Å². The van der Waals surface area contributed by atoms with E-state index in [2.05, 4.69) is 16.6 Å². The Kier molecular flexibility index (Phi) is 4.21. The Balaban J connectivity index is 3.13. The largest absolute Gasteiger partial charge is 0.465 e. The van der Waals surface area contributed by atoms with E-state index in [1.165, 1.54) is 25.3 Å². The van der Waals surface area contributed by atoms with Crippen LogP contribution in [0.25, 0.3) is 0 Å². The third-order valence-corrected chi connectivity index (χ3v) is 2.05. The molecule has 6 heteroatoms. The average Bonchev–Trinajstić information content (AvgIpc) is 2.34. The van der Waals surface area contributed by atoms with Crippen molar-refractivity contribution in [2.24, 2.45) is 0 Å². The molecular weight excluding hydrogens is 224 g/mol. The van der Waals surface area contributed by atoms with Gasteiger partial charge in [-0.05, 0) is 12.1 Å². The molecule has 0 aliphatic carbocycles. The standard InChI is InChI=1S/C11H12N2O4/c1-3-6-12-9-7-8(11(14)17-2)4-5-10(9)13(15)16/h3-5,7,12H,1,6H2,2H3. The van der Waals surface area contributed by atoms with Crippen molar-refractivity contribution >= 4 is 17.3 Å². The summed E-state index contributed by atoms with van der Waals surface area (Å²) in [5, 5.41) is 13.6. The molecule has 90 valence electrons. The van der Waals surface area contributed by atoms with Crippen molar-refractivity contribution in [1.82, 2.24) is 0 Å². The van der Waals surface area contributed by atoms with Crippen molar-refractivity contribution in [2.75, 3.05) is 19.0 Å². The van der Waals surface area contributed by atoms with Crippen molar-refractivity contribution in [3.8, 4) is 0 Å². The number of benzene rings is 1. The van der Waals surface area contributed by atoms with Gasteiger partial charge in [0.05, 0.1) is 17.6 Å². The van der Waals surface area contributed by atoms with E-state index in [9.17, 15) is 14.9 Å². The molecular formula is C11H12N2O4. The predicted molar refractivity (Wildman–Crippen MR) is 63.1 cm³/mol. The number of nitrogens with zero attached hydrogens (tertiary/aromatic N) is 1. The molecule has 0 fully saturated rings. The van der Waals surface area contributed by atoms with Crippen molar-refractivity contribution in [2.45, 2.75) is 0 Å². The zero-order chi connectivity index (χ0) is 12.8. The topological polar surface area (TPSA) is 81.5 Å². The van der Waals surface area contributed by atoms with Crippen molar-refractivity contribution in [1.29, 1.82) is 0 Å². The monoisotopic (exact) mass is 236 g/mol. The van der Waals surface area contributed by atoms with E-state index >= 15 is 0 Å². The molecule has 0 amide bonds. The molecule has 0 atom stereocenters. The second kappa shape index (κ2) is 5.64. The van der Waals surface area contributed by atoms with Gasteiger partial charge in [0.15, 0.2) is 0 Å². The Bertz CT molecular complexity index is 457. The molecule has 1 aromatic carbocycles. The van der Waals surface area contributed by atoms with Gasteiger partial charge in [0.25, 0.3) is 5.69 Å². The Morgan fingerprint density at radius 1 is 1.65 bits per heavy atom. The summed E-state index contributed by atoms with van der Waals surface area (Å²) in [6, 6.07) is 3.99. The second-order valence-electron chi connectivity index (χ2n) is 3.15. The fourth-order valence-corrected chi connectivity index (χ4v) is 1.26. The van der Waals surface area contributed by atoms with Gasteiger partial charge < -0.3 is 10.1 Å². The quantitative estimate of drug-likeness (QED) is 0.366. The molecule has 0 heterocycles. The molecule has 0 spiro atoms. The summed E-state index contributed by atoms with van der Waals surface area (Å²) >= 11 is 0. The summed E-state index contributed by atoms with van der Waals surface area (Å²) in [6.07, 6.45) is 1.56. The first-order chi connectivity index (χ1) is 8.10. The number of hydrogen-bond acceptors (Lipinski definition) is 5. The number of carbonyl (C=O) groups is 1. The first-order valence-corrected chi connectivity index (χ1v) is 4.81. The Labute approximate surface area is 98.0 Å². The van der Waals surface area contributed by atoms with Crippen molar-refractivity contribution in [3.05, 3.63) is 46.5 Å². The highest BCUT2D eigenvalue weighted by atomic mass is 16.6. The van der Waals surface area contributed by atoms with Crippen LogP contribution in [-0.2, 0) is 4.74 Å². The lowest BCUT2D eigenvalue weighted by atomic mass is 10.1. The van der Waals surface area contributed by atoms with Crippen molar-refractivity contribution < 1.29 is 14.5 Å². The van der Waals surface area contributed by atoms with E-state index in [4.69, 9.17) is 0 Å². The minimum Gasteiger partial charge on any atom is -0.465 e. The van der Waals surface area contributed by atoms with Gasteiger partial charge in [-0.3, -0.25) is 10.1 Å². The maximum absolute atomic E-state index is 11.3. The van der Waals surface area contributed by atoms with Crippen LogP contribution in [0.5, 0.6) is 0 Å². The summed E-state index contributed by atoms with van der Waals surface area (Å²) in [7, 11) is 1.25. The number of carbonyl (C=O) groups excluding carboxylic acids is 1. The molecule has 0 aliphatic rings. The van der Waals surface area contributed by atoms with Gasteiger partial charge in [0, 0.05) is 12.6 Å². The first-order valence-electron chi connectivity index (χ1n) is 4.81. The highest BCUT2D eigenvalue weighted by Crippen LogP contribution is 2.25. The highest BCUT2D eigenvalue weighted by molar-refractivity contribution is 5.91. The van der Waals surface area contributed by atoms with E-state index < -0.39 is 10.9 Å². The number of methoxy groups -OCH3 is 1. The van der Waals surface area contributed by atoms with Crippen LogP contribution in [0.15, 0.2) is 30.9 Å². The van der Waals surface area contributed by atoms with Crippen LogP contribution in [0, 0.1) is 10.1 Å². The minimum absolute atomic E-state index is 0.0977. The summed E-state index contributed by atoms with van der Waals surface area (Å²) < 4.78 is 4.54. The van der Waals surface area contributed by atoms with Crippen LogP contribution >= 0.6 is 0 Å². The van der Waals surface area contributed by atoms with Crippen LogP contribution in [0.3, 0.4) is 0 Å². The molecule has 0 bridgehead atoms. The molecule has 0 radical (unpaired) electrons. The number of anilines is 1. The Morgan fingerprint density at radius 2 is 2.35 bits per heavy atom. The van der Waals surface area contributed by atoms with Gasteiger partial charge in [0.1, 0.15) is 5.69 Å². The number of esters is 1. The first kappa shape index (κ1) is 12.7. The molecule has 17 heavy (non-hydrogen) atoms. The maximum Gasteiger partial charge on any atom is 0.337 e. The number of ether oxygens (including phenoxy) is 1. The summed E-state index contributed by atoms with van der Waals surface area (Å²) in [5.41, 5.74) is 0.418. The van der Waals surface area contributed by atoms with Gasteiger partial charge in [-0.15, -0.1) is 6.58 Å². The zero-order valence-corrected chi connectivity index (χ0v) is 9.30. The van der Waals surface area contributed by atoms with Crippen LogP contribution in [0.4, 0.5) is 11.4 Å². The van der Waals surface area contributed by atoms with Crippen LogP contribution < -0.4 is 5.32 Å². The molecule has 0 aliphatic heterocycles. The smallest absolute Gasteiger partial charge is 0.337 e. The summed E-state index contributed by atoms with van der Waals surface area (Å²) in [4.78, 5) is 21.5. The highest BCUT2D eigenvalue weighted by Gasteiger charge is 2.16. The summed E-state index contributed by atoms with van der Waals surface area (Å²) in [5.74, 6) is -0.540. The SMILES string of the molecule is C=CCNc1cc(C(=O)OC)ccc1[N+](=O)[O-]. The Morgan fingerprint density at radius 3 is 2.88 bits per heavy atom. The number of hydrogen-bond donors (Lipinski definition) is 1. The minimum atomic E-state index is -0.540. The van der Waals surface area contributed by atoms with E-state index in [1.54, 1.807) is 6.08 Å². The molecule has 0 saturated heterocycles. The van der Waals surface area contributed by atoms with Gasteiger partial charge in [-0.2, -0.15) is 0 Å². The van der Waals surface area contributed by atoms with E-state index in [0.29, 0.717) is 6.54 Å². The number of rotatable bonds is 5. The lowest BCUT2D eigenvalue weighted by Crippen LogP contribution is -2.06. The predicted octanol–water partition coefficient (Wildman–Crippen LogP) is 1.98. The zero-order valence-electron chi connectivity index (χ0n) is 9.30. The second-order valence-corrected chi connectivity index (χ2v) is 3.15. The number of nitro groups is 1. The van der Waals surface area contributed by atoms with Gasteiger partial charge in [-0.1, -0.05) is 6.08 Å². The van der Waals surface area contributed by atoms with Crippen LogP contribution in [0.1, 0.15) is 10.4 Å². The van der Waals surface area contributed by atoms with Crippen molar-refractivity contribution in [3.63, 3.8) is 0 Å². The lowest BCUT2D eigenvalue weighted by Gasteiger charge is -2.06. The van der Waals surface area contributed by atoms with Crippen LogP contribution in [0.2, 0.25) is 0 Å². The molecule has 0 aromatic heterocycles. The van der Waals surface area contributed by atoms with E-state index in [1.807, 2.05) is 0 Å². The maximum atomic E-state index is 11.3. The third kappa shape index (κ3) is 3.04. The average molecular weight is 236 g/mol. The molecule has 1 N–H and O–H groups in total. The molecule has 6 nitrogen and oxygen atoms in total. The number of nitro benzene ring substituents is 1. The van der Waals surface area contributed by atoms with Gasteiger partial charge in [-0.25, -0.2) is 4.79 Å². The lowest BCUT2D eigenvalue weighted by molar-refractivity contribution is -0.384.